The van der Waals surface area contributed by atoms with Crippen LogP contribution < -0.4 is 11.2 Å². The zero-order chi connectivity index (χ0) is 15.0. The number of hydrogen-bond acceptors (Lipinski definition) is 3. The molecule has 0 aromatic carbocycles. The number of pyridine rings is 2. The minimum Gasteiger partial charge on any atom is -0.365 e. The molecular weight excluding hydrogens is 273 g/mol. The molecule has 0 bridgehead atoms. The number of carbonyl (C=O) groups excluding carboxylic acids is 1. The molecule has 0 aliphatic heterocycles. The van der Waals surface area contributed by atoms with E-state index in [9.17, 15) is 14.0 Å². The molecular formula is C15H14FN3O2. The molecule has 21 heavy (non-hydrogen) atoms. The van der Waals surface area contributed by atoms with Crippen LogP contribution in [-0.2, 0) is 6.54 Å². The minimum atomic E-state index is -0.770. The van der Waals surface area contributed by atoms with Crippen molar-refractivity contribution >= 4 is 5.91 Å². The highest BCUT2D eigenvalue weighted by Crippen LogP contribution is 2.30. The molecule has 2 N–H and O–H groups in total. The second kappa shape index (κ2) is 5.12. The number of primary amides is 1. The Balaban J connectivity index is 2.12. The van der Waals surface area contributed by atoms with Gasteiger partial charge in [-0.25, -0.2) is 4.39 Å². The van der Waals surface area contributed by atoms with Gasteiger partial charge in [-0.3, -0.25) is 14.6 Å². The summed E-state index contributed by atoms with van der Waals surface area (Å²) < 4.78 is 14.7. The van der Waals surface area contributed by atoms with E-state index < -0.39 is 17.2 Å². The molecule has 1 aliphatic rings. The molecule has 0 saturated heterocycles. The van der Waals surface area contributed by atoms with Crippen LogP contribution in [0.4, 0.5) is 4.39 Å². The van der Waals surface area contributed by atoms with Crippen molar-refractivity contribution < 1.29 is 9.18 Å². The lowest BCUT2D eigenvalue weighted by Gasteiger charge is -2.10. The molecule has 3 rings (SSSR count). The average molecular weight is 287 g/mol. The molecule has 0 unspecified atom stereocenters. The number of nitrogens with zero attached hydrogens (tertiary/aromatic N) is 2. The molecule has 2 heterocycles. The Morgan fingerprint density at radius 1 is 1.38 bits per heavy atom. The van der Waals surface area contributed by atoms with Crippen molar-refractivity contribution in [1.82, 2.24) is 9.55 Å². The second-order valence-corrected chi connectivity index (χ2v) is 5.28. The predicted octanol–water partition coefficient (Wildman–Crippen LogP) is 1.56. The largest absolute Gasteiger partial charge is 0.365 e. The first-order chi connectivity index (χ1) is 10.0. The molecule has 5 nitrogen and oxygen atoms in total. The van der Waals surface area contributed by atoms with Crippen LogP contribution in [0.2, 0.25) is 0 Å². The highest BCUT2D eigenvalue weighted by atomic mass is 19.1. The van der Waals surface area contributed by atoms with Crippen molar-refractivity contribution in [2.75, 3.05) is 0 Å². The van der Waals surface area contributed by atoms with Gasteiger partial charge in [-0.1, -0.05) is 0 Å². The fourth-order valence-electron chi connectivity index (χ4n) is 2.23. The van der Waals surface area contributed by atoms with Gasteiger partial charge in [-0.05, 0) is 30.9 Å². The molecule has 0 spiro atoms. The van der Waals surface area contributed by atoms with E-state index in [1.165, 1.54) is 18.3 Å². The third-order valence-corrected chi connectivity index (χ3v) is 3.51. The smallest absolute Gasteiger partial charge is 0.254 e. The molecule has 1 aliphatic carbocycles. The van der Waals surface area contributed by atoms with Crippen LogP contribution in [-0.4, -0.2) is 15.5 Å². The maximum absolute atomic E-state index is 13.0. The van der Waals surface area contributed by atoms with Crippen molar-refractivity contribution in [2.24, 2.45) is 11.7 Å². The third-order valence-electron chi connectivity index (χ3n) is 3.51. The molecule has 2 aromatic rings. The van der Waals surface area contributed by atoms with E-state index in [2.05, 4.69) is 4.98 Å². The number of rotatable bonds is 4. The summed E-state index contributed by atoms with van der Waals surface area (Å²) in [5.74, 6) is -0.682. The summed E-state index contributed by atoms with van der Waals surface area (Å²) in [5.41, 5.74) is 5.30. The highest BCUT2D eigenvalue weighted by molar-refractivity contribution is 5.93. The van der Waals surface area contributed by atoms with Gasteiger partial charge in [0.05, 0.1) is 17.5 Å². The molecule has 1 fully saturated rings. The molecule has 108 valence electrons. The lowest BCUT2D eigenvalue weighted by atomic mass is 10.1. The standard InChI is InChI=1S/C15H14FN3O2/c16-10-3-4-13(18-5-10)11-7-19(6-9-1-2-9)8-12(14(11)20)15(17)21/h3-5,7-9H,1-2,6H2,(H2,17,21). The first-order valence-electron chi connectivity index (χ1n) is 6.70. The first kappa shape index (κ1) is 13.5. The van der Waals surface area contributed by atoms with Crippen LogP contribution in [0.1, 0.15) is 23.2 Å². The van der Waals surface area contributed by atoms with E-state index in [-0.39, 0.29) is 11.1 Å². The Bertz CT molecular complexity index is 749. The van der Waals surface area contributed by atoms with E-state index in [0.29, 0.717) is 11.6 Å². The van der Waals surface area contributed by atoms with Gasteiger partial charge >= 0.3 is 0 Å². The number of halogens is 1. The summed E-state index contributed by atoms with van der Waals surface area (Å²) in [5, 5.41) is 0. The van der Waals surface area contributed by atoms with Gasteiger partial charge in [0.25, 0.3) is 5.91 Å². The summed E-state index contributed by atoms with van der Waals surface area (Å²) in [6.45, 7) is 0.731. The Morgan fingerprint density at radius 2 is 2.14 bits per heavy atom. The van der Waals surface area contributed by atoms with Crippen LogP contribution >= 0.6 is 0 Å². The third kappa shape index (κ3) is 2.84. The minimum absolute atomic E-state index is 0.0701. The predicted molar refractivity (Wildman–Crippen MR) is 75.1 cm³/mol. The fraction of sp³-hybridized carbons (Fsp3) is 0.267. The number of aromatic nitrogens is 2. The Kier molecular flexibility index (Phi) is 3.29. The van der Waals surface area contributed by atoms with Gasteiger partial charge in [0.15, 0.2) is 0 Å². The lowest BCUT2D eigenvalue weighted by Crippen LogP contribution is -2.25. The first-order valence-corrected chi connectivity index (χ1v) is 6.70. The van der Waals surface area contributed by atoms with Crippen LogP contribution in [0.5, 0.6) is 0 Å². The monoisotopic (exact) mass is 287 g/mol. The van der Waals surface area contributed by atoms with Crippen molar-refractivity contribution in [2.45, 2.75) is 19.4 Å². The van der Waals surface area contributed by atoms with E-state index in [4.69, 9.17) is 5.73 Å². The molecule has 6 heteroatoms. The van der Waals surface area contributed by atoms with Gasteiger partial charge in [0.1, 0.15) is 11.4 Å². The van der Waals surface area contributed by atoms with Crippen molar-refractivity contribution in [1.29, 1.82) is 0 Å². The SMILES string of the molecule is NC(=O)c1cn(CC2CC2)cc(-c2ccc(F)cn2)c1=O. The van der Waals surface area contributed by atoms with E-state index in [1.54, 1.807) is 10.8 Å². The maximum Gasteiger partial charge on any atom is 0.254 e. The Morgan fingerprint density at radius 3 is 2.71 bits per heavy atom. The Hall–Kier alpha value is -2.50. The number of hydrogen-bond donors (Lipinski definition) is 1. The summed E-state index contributed by atoms with van der Waals surface area (Å²) >= 11 is 0. The van der Waals surface area contributed by atoms with Crippen LogP contribution in [0.25, 0.3) is 11.3 Å². The van der Waals surface area contributed by atoms with Gasteiger partial charge in [-0.2, -0.15) is 0 Å². The number of nitrogens with two attached hydrogens (primary N) is 1. The van der Waals surface area contributed by atoms with E-state index in [0.717, 1.165) is 25.6 Å². The Labute approximate surface area is 120 Å². The maximum atomic E-state index is 13.0. The summed E-state index contributed by atoms with van der Waals surface area (Å²) in [7, 11) is 0. The molecule has 0 atom stereocenters. The van der Waals surface area contributed by atoms with Crippen molar-refractivity contribution in [3.63, 3.8) is 0 Å². The van der Waals surface area contributed by atoms with Gasteiger partial charge in [0, 0.05) is 18.9 Å². The van der Waals surface area contributed by atoms with Crippen molar-refractivity contribution in [3.05, 3.63) is 52.3 Å². The summed E-state index contributed by atoms with van der Waals surface area (Å²) in [6.07, 6.45) is 6.45. The van der Waals surface area contributed by atoms with Gasteiger partial charge < -0.3 is 10.3 Å². The quantitative estimate of drug-likeness (QED) is 0.927. The lowest BCUT2D eigenvalue weighted by molar-refractivity contribution is 0.0998. The van der Waals surface area contributed by atoms with Crippen LogP contribution in [0.3, 0.4) is 0 Å². The summed E-state index contributed by atoms with van der Waals surface area (Å²) in [6, 6.07) is 2.64. The zero-order valence-electron chi connectivity index (χ0n) is 11.3. The fourth-order valence-corrected chi connectivity index (χ4v) is 2.23. The van der Waals surface area contributed by atoms with E-state index in [1.807, 2.05) is 0 Å². The topological polar surface area (TPSA) is 78.0 Å². The average Bonchev–Trinajstić information content (AvgIpc) is 3.25. The molecule has 1 saturated carbocycles. The molecule has 2 aromatic heterocycles. The normalized spacial score (nSPS) is 14.1. The molecule has 1 amide bonds. The van der Waals surface area contributed by atoms with Gasteiger partial charge in [-0.15, -0.1) is 0 Å². The van der Waals surface area contributed by atoms with Crippen molar-refractivity contribution in [3.8, 4) is 11.3 Å². The van der Waals surface area contributed by atoms with E-state index >= 15 is 0 Å². The van der Waals surface area contributed by atoms with Gasteiger partial charge in [0.2, 0.25) is 5.43 Å². The second-order valence-electron chi connectivity index (χ2n) is 5.28. The number of carbonyl (C=O) groups is 1. The highest BCUT2D eigenvalue weighted by Gasteiger charge is 2.23. The number of amides is 1. The van der Waals surface area contributed by atoms with Crippen LogP contribution in [0, 0.1) is 11.7 Å². The zero-order valence-corrected chi connectivity index (χ0v) is 11.3. The van der Waals surface area contributed by atoms with Crippen LogP contribution in [0.15, 0.2) is 35.5 Å². The summed E-state index contributed by atoms with van der Waals surface area (Å²) in [4.78, 5) is 27.6. The molecule has 0 radical (unpaired) electrons.